The third-order valence-corrected chi connectivity index (χ3v) is 2.20. The Hall–Kier alpha value is -0.600. The lowest BCUT2D eigenvalue weighted by atomic mass is 9.84. The fourth-order valence-corrected chi connectivity index (χ4v) is 1.37. The zero-order chi connectivity index (χ0) is 8.43. The first-order chi connectivity index (χ1) is 5.15. The van der Waals surface area contributed by atoms with Gasteiger partial charge in [0.2, 0.25) is 0 Å². The van der Waals surface area contributed by atoms with Gasteiger partial charge in [0.1, 0.15) is 12.3 Å². The van der Waals surface area contributed by atoms with E-state index in [-0.39, 0.29) is 18.8 Å². The Morgan fingerprint density at radius 2 is 2.09 bits per heavy atom. The van der Waals surface area contributed by atoms with E-state index in [2.05, 4.69) is 0 Å². The van der Waals surface area contributed by atoms with Gasteiger partial charge in [-0.05, 0) is 17.9 Å². The van der Waals surface area contributed by atoms with E-state index in [0.29, 0.717) is 5.57 Å². The summed E-state index contributed by atoms with van der Waals surface area (Å²) in [6.07, 6.45) is -1.64. The average molecular weight is 162 g/mol. The number of alkyl halides is 2. The molecule has 11 heavy (non-hydrogen) atoms. The van der Waals surface area contributed by atoms with Crippen molar-refractivity contribution in [3.05, 3.63) is 11.8 Å². The number of allylic oxidation sites excluding steroid dienone is 1. The molecule has 3 atom stereocenters. The number of aliphatic hydroxyl groups is 1. The average Bonchev–Trinajstić information content (AvgIpc) is 1.97. The van der Waals surface area contributed by atoms with Crippen LogP contribution in [-0.4, -0.2) is 17.4 Å². The lowest BCUT2D eigenvalue weighted by Crippen LogP contribution is -2.27. The Bertz CT molecular complexity index is 167. The molecule has 1 N–H and O–H groups in total. The van der Waals surface area contributed by atoms with Crippen molar-refractivity contribution in [3.63, 3.8) is 0 Å². The van der Waals surface area contributed by atoms with Crippen molar-refractivity contribution < 1.29 is 13.9 Å². The molecular weight excluding hydrogens is 150 g/mol. The molecule has 0 aliphatic heterocycles. The third-order valence-electron chi connectivity index (χ3n) is 2.20. The van der Waals surface area contributed by atoms with E-state index in [1.807, 2.05) is 0 Å². The van der Waals surface area contributed by atoms with Crippen LogP contribution in [0.5, 0.6) is 0 Å². The van der Waals surface area contributed by atoms with Crippen molar-refractivity contribution in [2.24, 2.45) is 5.92 Å². The Kier molecular flexibility index (Phi) is 2.47. The molecule has 0 spiro atoms. The van der Waals surface area contributed by atoms with Crippen LogP contribution in [0.4, 0.5) is 8.78 Å². The molecule has 1 saturated carbocycles. The van der Waals surface area contributed by atoms with Crippen LogP contribution in [0.15, 0.2) is 11.8 Å². The van der Waals surface area contributed by atoms with Gasteiger partial charge in [0.15, 0.2) is 0 Å². The van der Waals surface area contributed by atoms with E-state index < -0.39 is 12.3 Å². The summed E-state index contributed by atoms with van der Waals surface area (Å²) in [6.45, 7) is 1.79. The van der Waals surface area contributed by atoms with Gasteiger partial charge in [0, 0.05) is 6.42 Å². The Labute approximate surface area is 64.7 Å². The number of halogens is 2. The zero-order valence-corrected chi connectivity index (χ0v) is 6.43. The highest BCUT2D eigenvalue weighted by molar-refractivity contribution is 5.08. The Balaban J connectivity index is 2.62. The van der Waals surface area contributed by atoms with Crippen LogP contribution in [0.2, 0.25) is 0 Å². The molecule has 0 bridgehead atoms. The van der Waals surface area contributed by atoms with Crippen molar-refractivity contribution in [1.82, 2.24) is 0 Å². The molecule has 1 nitrogen and oxygen atoms in total. The van der Waals surface area contributed by atoms with Gasteiger partial charge in [-0.25, -0.2) is 8.78 Å². The summed E-state index contributed by atoms with van der Waals surface area (Å²) >= 11 is 0. The molecule has 0 amide bonds. The van der Waals surface area contributed by atoms with Crippen LogP contribution < -0.4 is 0 Å². The topological polar surface area (TPSA) is 20.2 Å². The van der Waals surface area contributed by atoms with Gasteiger partial charge in [-0.3, -0.25) is 0 Å². The van der Waals surface area contributed by atoms with E-state index in [4.69, 9.17) is 5.11 Å². The summed E-state index contributed by atoms with van der Waals surface area (Å²) in [5.74, 6) is -0.0259. The minimum Gasteiger partial charge on any atom is -0.516 e. The van der Waals surface area contributed by atoms with Crippen molar-refractivity contribution in [2.75, 3.05) is 0 Å². The zero-order valence-electron chi connectivity index (χ0n) is 6.43. The van der Waals surface area contributed by atoms with Crippen LogP contribution in [0.3, 0.4) is 0 Å². The predicted molar refractivity (Wildman–Crippen MR) is 38.9 cm³/mol. The molecule has 0 radical (unpaired) electrons. The normalized spacial score (nSPS) is 42.8. The number of hydrogen-bond donors (Lipinski definition) is 1. The summed E-state index contributed by atoms with van der Waals surface area (Å²) in [7, 11) is 0. The predicted octanol–water partition coefficient (Wildman–Crippen LogP) is 2.53. The summed E-state index contributed by atoms with van der Waals surface area (Å²) in [5.41, 5.74) is 0.617. The number of hydrogen-bond acceptors (Lipinski definition) is 1. The van der Waals surface area contributed by atoms with Gasteiger partial charge in [-0.1, -0.05) is 6.92 Å². The Morgan fingerprint density at radius 1 is 1.45 bits per heavy atom. The summed E-state index contributed by atoms with van der Waals surface area (Å²) in [5, 5.41) is 8.61. The van der Waals surface area contributed by atoms with Gasteiger partial charge in [-0.15, -0.1) is 0 Å². The summed E-state index contributed by atoms with van der Waals surface area (Å²) in [4.78, 5) is 0. The van der Waals surface area contributed by atoms with Gasteiger partial charge >= 0.3 is 0 Å². The molecule has 3 heteroatoms. The second-order valence-electron chi connectivity index (χ2n) is 3.08. The number of aliphatic hydroxyl groups excluding tert-OH is 1. The van der Waals surface area contributed by atoms with E-state index in [1.165, 1.54) is 0 Å². The second-order valence-corrected chi connectivity index (χ2v) is 3.08. The largest absolute Gasteiger partial charge is 0.516 e. The third kappa shape index (κ3) is 1.70. The fraction of sp³-hybridized carbons (Fsp3) is 0.750. The summed E-state index contributed by atoms with van der Waals surface area (Å²) < 4.78 is 25.3. The van der Waals surface area contributed by atoms with Crippen LogP contribution in [0, 0.1) is 5.92 Å². The second kappa shape index (κ2) is 3.20. The maximum atomic E-state index is 12.7. The lowest BCUT2D eigenvalue weighted by molar-refractivity contribution is 0.120. The molecule has 0 heterocycles. The maximum absolute atomic E-state index is 12.7. The van der Waals surface area contributed by atoms with Crippen LogP contribution in [0.1, 0.15) is 19.8 Å². The minimum absolute atomic E-state index is 0.0259. The van der Waals surface area contributed by atoms with Crippen molar-refractivity contribution >= 4 is 0 Å². The highest BCUT2D eigenvalue weighted by Crippen LogP contribution is 2.32. The van der Waals surface area contributed by atoms with Crippen LogP contribution in [0.25, 0.3) is 0 Å². The molecule has 0 saturated heterocycles. The van der Waals surface area contributed by atoms with E-state index in [0.717, 1.165) is 6.26 Å². The maximum Gasteiger partial charge on any atom is 0.135 e. The standard InChI is InChI=1S/C8H12F2O/c1-5-2-7(9)8(10)3-6(5)4-11/h4-5,7-8,11H,2-3H2,1H3/b6-4-. The molecule has 1 fully saturated rings. The SMILES string of the molecule is CC1CC(F)C(F)C/C1=C/O. The first kappa shape index (κ1) is 8.50. The fourth-order valence-electron chi connectivity index (χ4n) is 1.37. The first-order valence-electron chi connectivity index (χ1n) is 3.76. The number of rotatable bonds is 0. The van der Waals surface area contributed by atoms with Crippen LogP contribution in [-0.2, 0) is 0 Å². The monoisotopic (exact) mass is 162 g/mol. The summed E-state index contributed by atoms with van der Waals surface area (Å²) in [6, 6.07) is 0. The van der Waals surface area contributed by atoms with Crippen LogP contribution >= 0.6 is 0 Å². The van der Waals surface area contributed by atoms with E-state index in [9.17, 15) is 8.78 Å². The molecule has 0 aromatic heterocycles. The lowest BCUT2D eigenvalue weighted by Gasteiger charge is -2.26. The van der Waals surface area contributed by atoms with Gasteiger partial charge < -0.3 is 5.11 Å². The van der Waals surface area contributed by atoms with Gasteiger partial charge in [0.25, 0.3) is 0 Å². The minimum atomic E-state index is -1.43. The van der Waals surface area contributed by atoms with Crippen molar-refractivity contribution in [1.29, 1.82) is 0 Å². The molecule has 1 rings (SSSR count). The molecule has 0 aromatic carbocycles. The quantitative estimate of drug-likeness (QED) is 0.542. The smallest absolute Gasteiger partial charge is 0.135 e. The molecular formula is C8H12F2O. The van der Waals surface area contributed by atoms with E-state index >= 15 is 0 Å². The molecule has 3 unspecified atom stereocenters. The molecule has 64 valence electrons. The highest BCUT2D eigenvalue weighted by Gasteiger charge is 2.31. The van der Waals surface area contributed by atoms with Gasteiger partial charge in [0.05, 0.1) is 6.26 Å². The van der Waals surface area contributed by atoms with E-state index in [1.54, 1.807) is 6.92 Å². The van der Waals surface area contributed by atoms with Crippen molar-refractivity contribution in [3.8, 4) is 0 Å². The molecule has 1 aliphatic rings. The molecule has 0 aromatic rings. The van der Waals surface area contributed by atoms with Crippen molar-refractivity contribution in [2.45, 2.75) is 32.1 Å². The van der Waals surface area contributed by atoms with Gasteiger partial charge in [-0.2, -0.15) is 0 Å². The first-order valence-corrected chi connectivity index (χ1v) is 3.76. The molecule has 1 aliphatic carbocycles. The highest BCUT2D eigenvalue weighted by atomic mass is 19.2. The Morgan fingerprint density at radius 3 is 2.64 bits per heavy atom.